The monoisotopic (exact) mass is 380 g/mol. The number of aromatic nitrogens is 2. The second kappa shape index (κ2) is 7.97. The lowest BCUT2D eigenvalue weighted by atomic mass is 10.1. The number of rotatable bonds is 5. The predicted octanol–water partition coefficient (Wildman–Crippen LogP) is 4.64. The first kappa shape index (κ1) is 18.5. The van der Waals surface area contributed by atoms with Gasteiger partial charge >= 0.3 is 0 Å². The Morgan fingerprint density at radius 1 is 1.00 bits per heavy atom. The van der Waals surface area contributed by atoms with E-state index in [-0.39, 0.29) is 17.4 Å². The van der Waals surface area contributed by atoms with Crippen molar-refractivity contribution >= 4 is 40.5 Å². The Bertz CT molecular complexity index is 1000. The number of carbonyl (C=O) groups excluding carboxylic acids is 2. The van der Waals surface area contributed by atoms with Gasteiger partial charge in [-0.25, -0.2) is 9.97 Å². The van der Waals surface area contributed by atoms with E-state index in [2.05, 4.69) is 20.6 Å². The first-order valence-electron chi connectivity index (χ1n) is 8.20. The third kappa shape index (κ3) is 4.68. The number of halogens is 1. The van der Waals surface area contributed by atoms with Crippen LogP contribution in [0.5, 0.6) is 0 Å². The molecule has 0 saturated heterocycles. The SMILES string of the molecule is CC(=O)c1cccc(Nc2cnc(C(=O)Nc3ccc(C)c(Cl)c3)cn2)c1. The van der Waals surface area contributed by atoms with Crippen LogP contribution < -0.4 is 10.6 Å². The van der Waals surface area contributed by atoms with Crippen LogP contribution in [0.4, 0.5) is 17.2 Å². The summed E-state index contributed by atoms with van der Waals surface area (Å²) in [5, 5.41) is 6.36. The van der Waals surface area contributed by atoms with Crippen LogP contribution >= 0.6 is 11.6 Å². The predicted molar refractivity (Wildman–Crippen MR) is 106 cm³/mol. The van der Waals surface area contributed by atoms with Crippen molar-refractivity contribution in [3.63, 3.8) is 0 Å². The number of hydrogen-bond acceptors (Lipinski definition) is 5. The quantitative estimate of drug-likeness (QED) is 0.630. The summed E-state index contributed by atoms with van der Waals surface area (Å²) >= 11 is 6.06. The van der Waals surface area contributed by atoms with Gasteiger partial charge in [-0.2, -0.15) is 0 Å². The Hall–Kier alpha value is -3.25. The molecule has 0 saturated carbocycles. The zero-order valence-electron chi connectivity index (χ0n) is 14.8. The van der Waals surface area contributed by atoms with E-state index >= 15 is 0 Å². The number of aryl methyl sites for hydroxylation is 1. The number of Topliss-reactive ketones (excluding diaryl/α,β-unsaturated/α-hetero) is 1. The zero-order chi connectivity index (χ0) is 19.4. The minimum absolute atomic E-state index is 0.0204. The molecule has 0 unspecified atom stereocenters. The first-order chi connectivity index (χ1) is 12.9. The van der Waals surface area contributed by atoms with Gasteiger partial charge < -0.3 is 10.6 Å². The molecule has 136 valence electrons. The molecule has 7 heteroatoms. The van der Waals surface area contributed by atoms with Crippen molar-refractivity contribution in [1.29, 1.82) is 0 Å². The standard InChI is InChI=1S/C20H17ClN4O2/c1-12-6-7-16(9-17(12)21)25-20(27)18-10-23-19(11-22-18)24-15-5-3-4-14(8-15)13(2)26/h3-11H,1-2H3,(H,23,24)(H,25,27). The molecular formula is C20H17ClN4O2. The van der Waals surface area contributed by atoms with Crippen LogP contribution in [-0.4, -0.2) is 21.7 Å². The van der Waals surface area contributed by atoms with Crippen molar-refractivity contribution in [3.8, 4) is 0 Å². The maximum absolute atomic E-state index is 12.3. The second-order valence-electron chi connectivity index (χ2n) is 5.97. The molecule has 2 N–H and O–H groups in total. The fraction of sp³-hybridized carbons (Fsp3) is 0.100. The summed E-state index contributed by atoms with van der Waals surface area (Å²) in [5.41, 5.74) is 3.00. The number of hydrogen-bond donors (Lipinski definition) is 2. The lowest BCUT2D eigenvalue weighted by Gasteiger charge is -2.08. The molecule has 0 fully saturated rings. The van der Waals surface area contributed by atoms with E-state index in [1.54, 1.807) is 30.3 Å². The van der Waals surface area contributed by atoms with Gasteiger partial charge in [-0.1, -0.05) is 29.8 Å². The molecule has 1 amide bonds. The molecule has 0 bridgehead atoms. The molecule has 6 nitrogen and oxygen atoms in total. The highest BCUT2D eigenvalue weighted by atomic mass is 35.5. The highest BCUT2D eigenvalue weighted by molar-refractivity contribution is 6.31. The Balaban J connectivity index is 1.69. The molecule has 1 heterocycles. The third-order valence-electron chi connectivity index (χ3n) is 3.86. The van der Waals surface area contributed by atoms with Crippen LogP contribution in [0, 0.1) is 6.92 Å². The molecule has 27 heavy (non-hydrogen) atoms. The lowest BCUT2D eigenvalue weighted by Crippen LogP contribution is -2.14. The average Bonchev–Trinajstić information content (AvgIpc) is 2.65. The van der Waals surface area contributed by atoms with Crippen LogP contribution in [0.3, 0.4) is 0 Å². The van der Waals surface area contributed by atoms with Gasteiger partial charge in [0, 0.05) is 22.0 Å². The van der Waals surface area contributed by atoms with Crippen LogP contribution in [0.1, 0.15) is 33.3 Å². The van der Waals surface area contributed by atoms with Gasteiger partial charge in [0.25, 0.3) is 5.91 Å². The molecule has 0 aliphatic heterocycles. The number of carbonyl (C=O) groups is 2. The fourth-order valence-corrected chi connectivity index (χ4v) is 2.52. The molecule has 3 aromatic rings. The van der Waals surface area contributed by atoms with E-state index in [0.717, 1.165) is 5.56 Å². The molecule has 0 aliphatic rings. The summed E-state index contributed by atoms with van der Waals surface area (Å²) < 4.78 is 0. The molecule has 1 aromatic heterocycles. The van der Waals surface area contributed by atoms with Gasteiger partial charge in [0.05, 0.1) is 12.4 Å². The molecule has 0 aliphatic carbocycles. The Morgan fingerprint density at radius 2 is 1.81 bits per heavy atom. The van der Waals surface area contributed by atoms with Crippen LogP contribution in [0.15, 0.2) is 54.9 Å². The van der Waals surface area contributed by atoms with Crippen LogP contribution in [0.25, 0.3) is 0 Å². The number of nitrogens with zero attached hydrogens (tertiary/aromatic N) is 2. The summed E-state index contributed by atoms with van der Waals surface area (Å²) in [6.07, 6.45) is 2.83. The maximum Gasteiger partial charge on any atom is 0.275 e. The van der Waals surface area contributed by atoms with Gasteiger partial charge in [-0.3, -0.25) is 9.59 Å². The van der Waals surface area contributed by atoms with Crippen LogP contribution in [-0.2, 0) is 0 Å². The van der Waals surface area contributed by atoms with Crippen molar-refractivity contribution in [2.24, 2.45) is 0 Å². The maximum atomic E-state index is 12.3. The molecular weight excluding hydrogens is 364 g/mol. The highest BCUT2D eigenvalue weighted by Crippen LogP contribution is 2.20. The van der Waals surface area contributed by atoms with E-state index in [0.29, 0.717) is 27.8 Å². The second-order valence-corrected chi connectivity index (χ2v) is 6.37. The van der Waals surface area contributed by atoms with Crippen molar-refractivity contribution < 1.29 is 9.59 Å². The summed E-state index contributed by atoms with van der Waals surface area (Å²) in [4.78, 5) is 32.1. The number of nitrogens with one attached hydrogen (secondary N) is 2. The zero-order valence-corrected chi connectivity index (χ0v) is 15.5. The van der Waals surface area contributed by atoms with Crippen LogP contribution in [0.2, 0.25) is 5.02 Å². The van der Waals surface area contributed by atoms with Gasteiger partial charge in [0.2, 0.25) is 0 Å². The minimum Gasteiger partial charge on any atom is -0.339 e. The lowest BCUT2D eigenvalue weighted by molar-refractivity contribution is 0.101. The molecule has 0 atom stereocenters. The smallest absolute Gasteiger partial charge is 0.275 e. The summed E-state index contributed by atoms with van der Waals surface area (Å²) in [6, 6.07) is 12.3. The van der Waals surface area contributed by atoms with Gasteiger partial charge in [-0.05, 0) is 43.7 Å². The largest absolute Gasteiger partial charge is 0.339 e. The van der Waals surface area contributed by atoms with Gasteiger partial charge in [0.1, 0.15) is 11.5 Å². The Labute approximate surface area is 161 Å². The number of anilines is 3. The number of amides is 1. The topological polar surface area (TPSA) is 84.0 Å². The van der Waals surface area contributed by atoms with E-state index in [9.17, 15) is 9.59 Å². The minimum atomic E-state index is -0.382. The van der Waals surface area contributed by atoms with E-state index in [1.165, 1.54) is 19.3 Å². The third-order valence-corrected chi connectivity index (χ3v) is 4.26. The summed E-state index contributed by atoms with van der Waals surface area (Å²) in [6.45, 7) is 3.39. The van der Waals surface area contributed by atoms with Crippen molar-refractivity contribution in [3.05, 3.63) is 76.7 Å². The average molecular weight is 381 g/mol. The first-order valence-corrected chi connectivity index (χ1v) is 8.58. The molecule has 3 rings (SSSR count). The molecule has 0 radical (unpaired) electrons. The normalized spacial score (nSPS) is 10.3. The fourth-order valence-electron chi connectivity index (χ4n) is 2.34. The van der Waals surface area contributed by atoms with Gasteiger partial charge in [0.15, 0.2) is 5.78 Å². The van der Waals surface area contributed by atoms with Crippen molar-refractivity contribution in [2.45, 2.75) is 13.8 Å². The van der Waals surface area contributed by atoms with E-state index in [4.69, 9.17) is 11.6 Å². The highest BCUT2D eigenvalue weighted by Gasteiger charge is 2.10. The van der Waals surface area contributed by atoms with Gasteiger partial charge in [-0.15, -0.1) is 0 Å². The van der Waals surface area contributed by atoms with E-state index < -0.39 is 0 Å². The summed E-state index contributed by atoms with van der Waals surface area (Å²) in [5.74, 6) is 0.0612. The Morgan fingerprint density at radius 3 is 2.48 bits per heavy atom. The molecule has 2 aromatic carbocycles. The number of benzene rings is 2. The van der Waals surface area contributed by atoms with Crippen molar-refractivity contribution in [1.82, 2.24) is 9.97 Å². The van der Waals surface area contributed by atoms with Crippen molar-refractivity contribution in [2.75, 3.05) is 10.6 Å². The Kier molecular flexibility index (Phi) is 5.47. The summed E-state index contributed by atoms with van der Waals surface area (Å²) in [7, 11) is 0. The molecule has 0 spiro atoms. The van der Waals surface area contributed by atoms with E-state index in [1.807, 2.05) is 19.1 Å². The number of ketones is 1.